The molecule has 0 fully saturated rings. The number of para-hydroxylation sites is 1. The standard InChI is InChI=1S/C26H27Cl2N3O4S/c1-3-29-26(33)19(2)30(17-20-8-7-9-22(28)16-20)25(32)18-31(23-10-5-4-6-11-23)36(34,35)24-14-12-21(27)13-15-24/h4-16,19H,3,17-18H2,1-2H3,(H,29,33)/t19-/m1/s1. The van der Waals surface area contributed by atoms with Crippen molar-refractivity contribution in [2.45, 2.75) is 31.3 Å². The van der Waals surface area contributed by atoms with E-state index in [1.807, 2.05) is 0 Å². The van der Waals surface area contributed by atoms with Crippen LogP contribution < -0.4 is 9.62 Å². The van der Waals surface area contributed by atoms with E-state index in [9.17, 15) is 18.0 Å². The molecular formula is C26H27Cl2N3O4S. The molecule has 0 unspecified atom stereocenters. The molecule has 0 saturated heterocycles. The highest BCUT2D eigenvalue weighted by Crippen LogP contribution is 2.25. The Hall–Kier alpha value is -3.07. The van der Waals surface area contributed by atoms with Crippen molar-refractivity contribution in [3.05, 3.63) is 94.5 Å². The fourth-order valence-corrected chi connectivity index (χ4v) is 5.35. The van der Waals surface area contributed by atoms with Crippen molar-refractivity contribution in [1.82, 2.24) is 10.2 Å². The number of halogens is 2. The fraction of sp³-hybridized carbons (Fsp3) is 0.231. The zero-order valence-corrected chi connectivity index (χ0v) is 22.2. The maximum atomic E-state index is 13.7. The number of likely N-dealkylation sites (N-methyl/N-ethyl adjacent to an activating group) is 1. The second-order valence-corrected chi connectivity index (χ2v) is 10.8. The van der Waals surface area contributed by atoms with Crippen LogP contribution in [0.1, 0.15) is 19.4 Å². The van der Waals surface area contributed by atoms with Crippen LogP contribution in [0, 0.1) is 0 Å². The van der Waals surface area contributed by atoms with Crippen molar-refractivity contribution in [2.24, 2.45) is 0 Å². The van der Waals surface area contributed by atoms with Crippen LogP contribution in [0.5, 0.6) is 0 Å². The maximum absolute atomic E-state index is 13.7. The molecule has 0 radical (unpaired) electrons. The van der Waals surface area contributed by atoms with Crippen molar-refractivity contribution >= 4 is 50.7 Å². The number of hydrogen-bond acceptors (Lipinski definition) is 4. The first-order chi connectivity index (χ1) is 17.1. The molecule has 0 bridgehead atoms. The highest BCUT2D eigenvalue weighted by atomic mass is 35.5. The first-order valence-corrected chi connectivity index (χ1v) is 13.5. The Balaban J connectivity index is 2.00. The van der Waals surface area contributed by atoms with Crippen molar-refractivity contribution in [1.29, 1.82) is 0 Å². The van der Waals surface area contributed by atoms with Gasteiger partial charge in [-0.3, -0.25) is 13.9 Å². The van der Waals surface area contributed by atoms with Crippen LogP contribution in [0.4, 0.5) is 5.69 Å². The summed E-state index contributed by atoms with van der Waals surface area (Å²) in [6.45, 7) is 3.33. The number of anilines is 1. The van der Waals surface area contributed by atoms with Gasteiger partial charge in [0.05, 0.1) is 10.6 Å². The molecular weight excluding hydrogens is 521 g/mol. The molecule has 3 rings (SSSR count). The predicted octanol–water partition coefficient (Wildman–Crippen LogP) is 4.74. The molecule has 0 heterocycles. The molecule has 0 spiro atoms. The minimum atomic E-state index is -4.13. The zero-order valence-electron chi connectivity index (χ0n) is 19.9. The first kappa shape index (κ1) is 27.5. The van der Waals surface area contributed by atoms with E-state index in [4.69, 9.17) is 23.2 Å². The first-order valence-electron chi connectivity index (χ1n) is 11.3. The molecule has 1 atom stereocenters. The van der Waals surface area contributed by atoms with Crippen LogP contribution in [0.2, 0.25) is 10.0 Å². The lowest BCUT2D eigenvalue weighted by Gasteiger charge is -2.32. The van der Waals surface area contributed by atoms with E-state index in [1.54, 1.807) is 68.4 Å². The van der Waals surface area contributed by atoms with E-state index >= 15 is 0 Å². The number of carbonyl (C=O) groups excluding carboxylic acids is 2. The summed E-state index contributed by atoms with van der Waals surface area (Å²) in [6.07, 6.45) is 0. The van der Waals surface area contributed by atoms with Crippen LogP contribution in [0.25, 0.3) is 0 Å². The van der Waals surface area contributed by atoms with Gasteiger partial charge in [0, 0.05) is 23.1 Å². The Morgan fingerprint density at radius 3 is 2.19 bits per heavy atom. The molecule has 0 aliphatic heterocycles. The van der Waals surface area contributed by atoms with E-state index in [2.05, 4.69) is 5.32 Å². The third-order valence-corrected chi connectivity index (χ3v) is 7.76. The lowest BCUT2D eigenvalue weighted by molar-refractivity contribution is -0.139. The molecule has 190 valence electrons. The van der Waals surface area contributed by atoms with Crippen LogP contribution >= 0.6 is 23.2 Å². The topological polar surface area (TPSA) is 86.8 Å². The molecule has 0 aromatic heterocycles. The van der Waals surface area contributed by atoms with Gasteiger partial charge in [-0.25, -0.2) is 8.42 Å². The van der Waals surface area contributed by atoms with Crippen molar-refractivity contribution in [3.8, 4) is 0 Å². The van der Waals surface area contributed by atoms with Gasteiger partial charge >= 0.3 is 0 Å². The molecule has 36 heavy (non-hydrogen) atoms. The number of amides is 2. The predicted molar refractivity (Wildman–Crippen MR) is 143 cm³/mol. The van der Waals surface area contributed by atoms with Crippen LogP contribution in [0.3, 0.4) is 0 Å². The van der Waals surface area contributed by atoms with Gasteiger partial charge in [-0.1, -0.05) is 53.5 Å². The maximum Gasteiger partial charge on any atom is 0.264 e. The van der Waals surface area contributed by atoms with Gasteiger partial charge in [-0.05, 0) is 67.9 Å². The highest BCUT2D eigenvalue weighted by molar-refractivity contribution is 7.92. The minimum absolute atomic E-state index is 0.0123. The van der Waals surface area contributed by atoms with E-state index in [0.29, 0.717) is 27.8 Å². The summed E-state index contributed by atoms with van der Waals surface area (Å²) < 4.78 is 28.3. The Labute approximate surface area is 221 Å². The number of carbonyl (C=O) groups is 2. The van der Waals surface area contributed by atoms with E-state index in [-0.39, 0.29) is 17.3 Å². The second-order valence-electron chi connectivity index (χ2n) is 8.02. The summed E-state index contributed by atoms with van der Waals surface area (Å²) >= 11 is 12.1. The van der Waals surface area contributed by atoms with E-state index < -0.39 is 28.5 Å². The number of rotatable bonds is 10. The smallest absolute Gasteiger partial charge is 0.264 e. The SMILES string of the molecule is CCNC(=O)[C@@H](C)N(Cc1cccc(Cl)c1)C(=O)CN(c1ccccc1)S(=O)(=O)c1ccc(Cl)cc1. The minimum Gasteiger partial charge on any atom is -0.355 e. The molecule has 0 aliphatic rings. The van der Waals surface area contributed by atoms with Crippen molar-refractivity contribution in [3.63, 3.8) is 0 Å². The molecule has 10 heteroatoms. The van der Waals surface area contributed by atoms with Crippen molar-refractivity contribution in [2.75, 3.05) is 17.4 Å². The molecule has 3 aromatic carbocycles. The Kier molecular flexibility index (Phi) is 9.37. The number of hydrogen-bond donors (Lipinski definition) is 1. The van der Waals surface area contributed by atoms with Gasteiger partial charge in [-0.15, -0.1) is 0 Å². The summed E-state index contributed by atoms with van der Waals surface area (Å²) in [5.41, 5.74) is 1.02. The lowest BCUT2D eigenvalue weighted by Crippen LogP contribution is -2.51. The second kappa shape index (κ2) is 12.3. The van der Waals surface area contributed by atoms with Gasteiger partial charge in [0.1, 0.15) is 12.6 Å². The summed E-state index contributed by atoms with van der Waals surface area (Å²) in [7, 11) is -4.13. The molecule has 7 nitrogen and oxygen atoms in total. The molecule has 0 aliphatic carbocycles. The van der Waals surface area contributed by atoms with Gasteiger partial charge in [0.25, 0.3) is 10.0 Å². The molecule has 0 saturated carbocycles. The van der Waals surface area contributed by atoms with Crippen LogP contribution in [-0.4, -0.2) is 44.3 Å². The largest absolute Gasteiger partial charge is 0.355 e. The third kappa shape index (κ3) is 6.78. The quantitative estimate of drug-likeness (QED) is 0.397. The van der Waals surface area contributed by atoms with Gasteiger partial charge in [0.2, 0.25) is 11.8 Å². The number of nitrogens with one attached hydrogen (secondary N) is 1. The Morgan fingerprint density at radius 2 is 1.58 bits per heavy atom. The lowest BCUT2D eigenvalue weighted by atomic mass is 10.1. The monoisotopic (exact) mass is 547 g/mol. The summed E-state index contributed by atoms with van der Waals surface area (Å²) in [5.74, 6) is -0.894. The molecule has 3 aromatic rings. The third-order valence-electron chi connectivity index (χ3n) is 5.48. The van der Waals surface area contributed by atoms with Crippen LogP contribution in [-0.2, 0) is 26.2 Å². The van der Waals surface area contributed by atoms with Crippen LogP contribution in [0.15, 0.2) is 83.8 Å². The summed E-state index contributed by atoms with van der Waals surface area (Å²) in [4.78, 5) is 27.7. The zero-order chi connectivity index (χ0) is 26.3. The summed E-state index contributed by atoms with van der Waals surface area (Å²) in [5, 5.41) is 3.60. The van der Waals surface area contributed by atoms with E-state index in [0.717, 1.165) is 4.31 Å². The highest BCUT2D eigenvalue weighted by Gasteiger charge is 2.32. The Bertz CT molecular complexity index is 1300. The van der Waals surface area contributed by atoms with Gasteiger partial charge in [0.15, 0.2) is 0 Å². The normalized spacial score (nSPS) is 12.0. The summed E-state index contributed by atoms with van der Waals surface area (Å²) in [6, 6.07) is 20.2. The Morgan fingerprint density at radius 1 is 0.917 bits per heavy atom. The number of nitrogens with zero attached hydrogens (tertiary/aromatic N) is 2. The average molecular weight is 548 g/mol. The molecule has 1 N–H and O–H groups in total. The van der Waals surface area contributed by atoms with E-state index in [1.165, 1.54) is 29.2 Å². The average Bonchev–Trinajstić information content (AvgIpc) is 2.86. The molecule has 2 amide bonds. The fourth-order valence-electron chi connectivity index (χ4n) is 3.59. The van der Waals surface area contributed by atoms with Crippen molar-refractivity contribution < 1.29 is 18.0 Å². The number of sulfonamides is 1. The van der Waals surface area contributed by atoms with Gasteiger partial charge in [-0.2, -0.15) is 0 Å². The number of benzene rings is 3. The van der Waals surface area contributed by atoms with Gasteiger partial charge < -0.3 is 10.2 Å².